The van der Waals surface area contributed by atoms with Gasteiger partial charge in [0.25, 0.3) is 11.8 Å². The van der Waals surface area contributed by atoms with E-state index in [0.29, 0.717) is 5.56 Å². The lowest BCUT2D eigenvalue weighted by Gasteiger charge is -2.22. The van der Waals surface area contributed by atoms with Crippen molar-refractivity contribution in [3.63, 3.8) is 0 Å². The Balaban J connectivity index is 1.93. The van der Waals surface area contributed by atoms with Crippen molar-refractivity contribution in [2.75, 3.05) is 33.8 Å². The summed E-state index contributed by atoms with van der Waals surface area (Å²) in [5.41, 5.74) is -0.711. The van der Waals surface area contributed by atoms with Gasteiger partial charge in [-0.3, -0.25) is 24.1 Å². The quantitative estimate of drug-likeness (QED) is 0.464. The van der Waals surface area contributed by atoms with E-state index in [2.05, 4.69) is 10.6 Å². The smallest absolute Gasteiger partial charge is 0.326 e. The van der Waals surface area contributed by atoms with Crippen LogP contribution in [-0.4, -0.2) is 73.3 Å². The number of ether oxygens (including phenoxy) is 1. The first-order valence-electron chi connectivity index (χ1n) is 8.49. The molecular weight excluding hydrogens is 368 g/mol. The summed E-state index contributed by atoms with van der Waals surface area (Å²) < 4.78 is 4.84. The highest BCUT2D eigenvalue weighted by atomic mass is 16.5. The minimum Gasteiger partial charge on any atom is -0.454 e. The molecule has 1 aromatic carbocycles. The molecule has 1 atom stereocenters. The molecule has 0 aliphatic carbocycles. The molecule has 0 saturated carbocycles. The van der Waals surface area contributed by atoms with Crippen molar-refractivity contribution in [3.05, 3.63) is 35.9 Å². The summed E-state index contributed by atoms with van der Waals surface area (Å²) in [6.45, 7) is 0.131. The molecule has 28 heavy (non-hydrogen) atoms. The fourth-order valence-corrected chi connectivity index (χ4v) is 2.62. The Kier molecular flexibility index (Phi) is 6.34. The third-order valence-electron chi connectivity index (χ3n) is 4.36. The highest BCUT2D eigenvalue weighted by Crippen LogP contribution is 2.28. The average molecular weight is 390 g/mol. The molecule has 2 rings (SSSR count). The first kappa shape index (κ1) is 20.9. The topological polar surface area (TPSA) is 125 Å². The summed E-state index contributed by atoms with van der Waals surface area (Å²) in [4.78, 5) is 61.8. The van der Waals surface area contributed by atoms with E-state index in [1.165, 1.54) is 14.1 Å². The number of benzene rings is 1. The van der Waals surface area contributed by atoms with Gasteiger partial charge in [-0.1, -0.05) is 30.3 Å². The number of amides is 5. The molecule has 0 radical (unpaired) electrons. The Morgan fingerprint density at radius 2 is 1.86 bits per heavy atom. The van der Waals surface area contributed by atoms with E-state index < -0.39 is 42.5 Å². The standard InChI is InChI=1S/C18H22N4O6/c1-18(12-7-5-4-6-8-12)16(26)22(17(27)20-18)10-15(25)28-11-14(24)21(3)9-13(23)19-2/h4-8H,9-11H2,1-3H3,(H,19,23)(H,20,27)/t18-/m1/s1. The van der Waals surface area contributed by atoms with Gasteiger partial charge < -0.3 is 20.3 Å². The summed E-state index contributed by atoms with van der Waals surface area (Å²) in [6.07, 6.45) is 0. The van der Waals surface area contributed by atoms with Crippen molar-refractivity contribution < 1.29 is 28.7 Å². The molecule has 1 saturated heterocycles. The zero-order chi connectivity index (χ0) is 20.9. The molecule has 0 aromatic heterocycles. The lowest BCUT2D eigenvalue weighted by atomic mass is 9.92. The Bertz CT molecular complexity index is 797. The van der Waals surface area contributed by atoms with Crippen LogP contribution in [0.5, 0.6) is 0 Å². The molecule has 1 fully saturated rings. The Morgan fingerprint density at radius 1 is 1.21 bits per heavy atom. The second-order valence-corrected chi connectivity index (χ2v) is 6.40. The Morgan fingerprint density at radius 3 is 2.46 bits per heavy atom. The van der Waals surface area contributed by atoms with Crippen LogP contribution in [0.2, 0.25) is 0 Å². The molecule has 1 heterocycles. The van der Waals surface area contributed by atoms with Gasteiger partial charge in [0, 0.05) is 14.1 Å². The number of hydrogen-bond donors (Lipinski definition) is 2. The molecule has 10 heteroatoms. The van der Waals surface area contributed by atoms with E-state index in [4.69, 9.17) is 4.74 Å². The number of likely N-dealkylation sites (N-methyl/N-ethyl adjacent to an activating group) is 2. The number of esters is 1. The highest BCUT2D eigenvalue weighted by molar-refractivity contribution is 6.08. The summed E-state index contributed by atoms with van der Waals surface area (Å²) in [6, 6.07) is 7.91. The van der Waals surface area contributed by atoms with Gasteiger partial charge in [0.05, 0.1) is 6.54 Å². The molecule has 0 unspecified atom stereocenters. The monoisotopic (exact) mass is 390 g/mol. The molecule has 2 N–H and O–H groups in total. The lowest BCUT2D eigenvalue weighted by molar-refractivity contribution is -0.153. The van der Waals surface area contributed by atoms with E-state index in [1.807, 2.05) is 0 Å². The van der Waals surface area contributed by atoms with E-state index in [1.54, 1.807) is 37.3 Å². The zero-order valence-corrected chi connectivity index (χ0v) is 15.9. The van der Waals surface area contributed by atoms with Crippen LogP contribution in [0.25, 0.3) is 0 Å². The molecule has 5 amide bonds. The Hall–Kier alpha value is -3.43. The number of rotatable bonds is 7. The summed E-state index contributed by atoms with van der Waals surface area (Å²) in [7, 11) is 2.82. The second-order valence-electron chi connectivity index (χ2n) is 6.40. The van der Waals surface area contributed by atoms with Gasteiger partial charge in [0.15, 0.2) is 6.61 Å². The maximum Gasteiger partial charge on any atom is 0.326 e. The lowest BCUT2D eigenvalue weighted by Crippen LogP contribution is -2.42. The average Bonchev–Trinajstić information content (AvgIpc) is 2.90. The molecular formula is C18H22N4O6. The van der Waals surface area contributed by atoms with Crippen molar-refractivity contribution in [3.8, 4) is 0 Å². The van der Waals surface area contributed by atoms with E-state index in [9.17, 15) is 24.0 Å². The number of carbonyl (C=O) groups is 5. The third-order valence-corrected chi connectivity index (χ3v) is 4.36. The van der Waals surface area contributed by atoms with Crippen LogP contribution in [-0.2, 0) is 29.5 Å². The highest BCUT2D eigenvalue weighted by Gasteiger charge is 2.49. The van der Waals surface area contributed by atoms with Crippen molar-refractivity contribution in [1.82, 2.24) is 20.4 Å². The largest absolute Gasteiger partial charge is 0.454 e. The predicted molar refractivity (Wildman–Crippen MR) is 96.7 cm³/mol. The van der Waals surface area contributed by atoms with Crippen molar-refractivity contribution in [2.24, 2.45) is 0 Å². The third kappa shape index (κ3) is 4.45. The van der Waals surface area contributed by atoms with E-state index in [-0.39, 0.29) is 12.5 Å². The second kappa shape index (κ2) is 8.51. The molecule has 0 spiro atoms. The fraction of sp³-hybridized carbons (Fsp3) is 0.389. The predicted octanol–water partition coefficient (Wildman–Crippen LogP) is -0.799. The van der Waals surface area contributed by atoms with Gasteiger partial charge in [-0.15, -0.1) is 0 Å². The number of imide groups is 1. The van der Waals surface area contributed by atoms with Crippen LogP contribution < -0.4 is 10.6 Å². The molecule has 1 aliphatic heterocycles. The first-order valence-corrected chi connectivity index (χ1v) is 8.49. The minimum atomic E-state index is -1.29. The SMILES string of the molecule is CNC(=O)CN(C)C(=O)COC(=O)CN1C(=O)N[C@](C)(c2ccccc2)C1=O. The van der Waals surface area contributed by atoms with Crippen molar-refractivity contribution in [1.29, 1.82) is 0 Å². The number of urea groups is 1. The maximum atomic E-state index is 12.7. The van der Waals surface area contributed by atoms with Crippen LogP contribution in [0, 0.1) is 0 Å². The summed E-state index contributed by atoms with van der Waals surface area (Å²) in [5, 5.41) is 4.94. The molecule has 1 aromatic rings. The van der Waals surface area contributed by atoms with E-state index in [0.717, 1.165) is 9.80 Å². The van der Waals surface area contributed by atoms with Gasteiger partial charge >= 0.3 is 12.0 Å². The fourth-order valence-electron chi connectivity index (χ4n) is 2.62. The van der Waals surface area contributed by atoms with Gasteiger partial charge in [0.2, 0.25) is 5.91 Å². The number of hydrogen-bond acceptors (Lipinski definition) is 6. The van der Waals surface area contributed by atoms with Gasteiger partial charge in [0.1, 0.15) is 12.1 Å². The maximum absolute atomic E-state index is 12.7. The molecule has 10 nitrogen and oxygen atoms in total. The van der Waals surface area contributed by atoms with Gasteiger partial charge in [-0.05, 0) is 12.5 Å². The van der Waals surface area contributed by atoms with E-state index >= 15 is 0 Å². The normalized spacial score (nSPS) is 18.5. The van der Waals surface area contributed by atoms with Crippen LogP contribution in [0.15, 0.2) is 30.3 Å². The molecule has 150 valence electrons. The van der Waals surface area contributed by atoms with Crippen LogP contribution in [0.1, 0.15) is 12.5 Å². The number of carbonyl (C=O) groups excluding carboxylic acids is 5. The van der Waals surface area contributed by atoms with Crippen molar-refractivity contribution in [2.45, 2.75) is 12.5 Å². The summed E-state index contributed by atoms with van der Waals surface area (Å²) >= 11 is 0. The minimum absolute atomic E-state index is 0.185. The molecule has 1 aliphatic rings. The molecule has 0 bridgehead atoms. The van der Waals surface area contributed by atoms with Crippen LogP contribution in [0.4, 0.5) is 4.79 Å². The Labute approximate surface area is 161 Å². The number of nitrogens with zero attached hydrogens (tertiary/aromatic N) is 2. The van der Waals surface area contributed by atoms with Crippen LogP contribution in [0.3, 0.4) is 0 Å². The number of nitrogens with one attached hydrogen (secondary N) is 2. The van der Waals surface area contributed by atoms with Crippen LogP contribution >= 0.6 is 0 Å². The van der Waals surface area contributed by atoms with Gasteiger partial charge in [-0.2, -0.15) is 0 Å². The van der Waals surface area contributed by atoms with Gasteiger partial charge in [-0.25, -0.2) is 4.79 Å². The summed E-state index contributed by atoms with van der Waals surface area (Å²) in [5.74, 6) is -2.48. The first-order chi connectivity index (χ1) is 13.2. The zero-order valence-electron chi connectivity index (χ0n) is 15.9. The van der Waals surface area contributed by atoms with Crippen molar-refractivity contribution >= 4 is 29.7 Å².